The highest BCUT2D eigenvalue weighted by molar-refractivity contribution is 14.1. The second-order valence-corrected chi connectivity index (χ2v) is 6.61. The normalized spacial score (nSPS) is 15.4. The van der Waals surface area contributed by atoms with Crippen molar-refractivity contribution in [3.8, 4) is 0 Å². The number of hydrogen-bond donors (Lipinski definition) is 1. The molecular formula is C16H18IN5O. The summed E-state index contributed by atoms with van der Waals surface area (Å²) in [5, 5.41) is 2.94. The molecule has 1 aliphatic heterocycles. The molecule has 1 aromatic heterocycles. The third-order valence-electron chi connectivity index (χ3n) is 3.70. The first-order valence-corrected chi connectivity index (χ1v) is 8.58. The molecule has 2 aromatic rings. The summed E-state index contributed by atoms with van der Waals surface area (Å²) in [4.78, 5) is 25.0. The quantitative estimate of drug-likeness (QED) is 0.761. The summed E-state index contributed by atoms with van der Waals surface area (Å²) in [6.07, 6.45) is 3.51. The van der Waals surface area contributed by atoms with Crippen molar-refractivity contribution in [3.63, 3.8) is 0 Å². The molecule has 0 bridgehead atoms. The molecule has 1 aliphatic rings. The van der Waals surface area contributed by atoms with Crippen LogP contribution in [0.2, 0.25) is 0 Å². The summed E-state index contributed by atoms with van der Waals surface area (Å²) in [6.45, 7) is 3.74. The van der Waals surface area contributed by atoms with Crippen molar-refractivity contribution < 1.29 is 4.79 Å². The Bertz CT molecular complexity index is 641. The first-order chi connectivity index (χ1) is 11.2. The van der Waals surface area contributed by atoms with E-state index in [9.17, 15) is 4.79 Å². The maximum atomic E-state index is 12.1. The Morgan fingerprint density at radius 3 is 2.39 bits per heavy atom. The minimum absolute atomic E-state index is 0.0237. The van der Waals surface area contributed by atoms with Crippen molar-refractivity contribution in [2.75, 3.05) is 42.9 Å². The van der Waals surface area contributed by atoms with E-state index in [1.807, 2.05) is 30.3 Å². The third-order valence-corrected chi connectivity index (χ3v) is 4.42. The molecule has 1 fully saturated rings. The van der Waals surface area contributed by atoms with Gasteiger partial charge in [0, 0.05) is 47.8 Å². The molecule has 1 aromatic carbocycles. The molecule has 0 unspecified atom stereocenters. The van der Waals surface area contributed by atoms with Gasteiger partial charge in [-0.2, -0.15) is 0 Å². The lowest BCUT2D eigenvalue weighted by atomic mass is 10.3. The van der Waals surface area contributed by atoms with E-state index in [1.54, 1.807) is 12.4 Å². The van der Waals surface area contributed by atoms with Gasteiger partial charge in [0.05, 0.1) is 6.54 Å². The molecule has 1 amide bonds. The lowest BCUT2D eigenvalue weighted by molar-refractivity contribution is -0.117. The monoisotopic (exact) mass is 423 g/mol. The van der Waals surface area contributed by atoms with Gasteiger partial charge in [0.1, 0.15) is 0 Å². The largest absolute Gasteiger partial charge is 0.338 e. The third kappa shape index (κ3) is 4.61. The Morgan fingerprint density at radius 2 is 1.74 bits per heavy atom. The van der Waals surface area contributed by atoms with Gasteiger partial charge in [-0.1, -0.05) is 0 Å². The molecule has 0 saturated carbocycles. The van der Waals surface area contributed by atoms with Crippen LogP contribution in [0.1, 0.15) is 0 Å². The van der Waals surface area contributed by atoms with Crippen LogP contribution in [0.4, 0.5) is 11.6 Å². The highest BCUT2D eigenvalue weighted by atomic mass is 127. The molecule has 6 nitrogen and oxygen atoms in total. The SMILES string of the molecule is O=C(CN1CCN(c2ncccn2)CC1)Nc1ccc(I)cc1. The van der Waals surface area contributed by atoms with Crippen molar-refractivity contribution in [2.45, 2.75) is 0 Å². The molecule has 0 radical (unpaired) electrons. The van der Waals surface area contributed by atoms with E-state index in [0.717, 1.165) is 41.4 Å². The van der Waals surface area contributed by atoms with Gasteiger partial charge < -0.3 is 10.2 Å². The number of halogens is 1. The number of carbonyl (C=O) groups is 1. The van der Waals surface area contributed by atoms with Crippen molar-refractivity contribution >= 4 is 40.1 Å². The van der Waals surface area contributed by atoms with Crippen molar-refractivity contribution in [1.82, 2.24) is 14.9 Å². The summed E-state index contributed by atoms with van der Waals surface area (Å²) < 4.78 is 1.15. The van der Waals surface area contributed by atoms with Crippen LogP contribution < -0.4 is 10.2 Å². The minimum atomic E-state index is 0.0237. The van der Waals surface area contributed by atoms with E-state index in [1.165, 1.54) is 0 Å². The fourth-order valence-corrected chi connectivity index (χ4v) is 2.86. The predicted octanol–water partition coefficient (Wildman–Crippen LogP) is 1.84. The van der Waals surface area contributed by atoms with Crippen LogP contribution in [-0.4, -0.2) is 53.5 Å². The second-order valence-electron chi connectivity index (χ2n) is 5.37. The Labute approximate surface area is 149 Å². The smallest absolute Gasteiger partial charge is 0.238 e. The zero-order valence-electron chi connectivity index (χ0n) is 12.7. The number of amides is 1. The molecular weight excluding hydrogens is 405 g/mol. The van der Waals surface area contributed by atoms with Crippen LogP contribution in [0.3, 0.4) is 0 Å². The summed E-state index contributed by atoms with van der Waals surface area (Å²) in [5.41, 5.74) is 0.840. The number of nitrogens with zero attached hydrogens (tertiary/aromatic N) is 4. The van der Waals surface area contributed by atoms with Crippen molar-refractivity contribution in [2.24, 2.45) is 0 Å². The van der Waals surface area contributed by atoms with Crippen LogP contribution in [0, 0.1) is 3.57 Å². The number of nitrogens with one attached hydrogen (secondary N) is 1. The lowest BCUT2D eigenvalue weighted by Gasteiger charge is -2.34. The van der Waals surface area contributed by atoms with Gasteiger partial charge in [-0.25, -0.2) is 9.97 Å². The van der Waals surface area contributed by atoms with Gasteiger partial charge in [-0.3, -0.25) is 9.69 Å². The molecule has 1 saturated heterocycles. The summed E-state index contributed by atoms with van der Waals surface area (Å²) in [7, 11) is 0. The molecule has 0 spiro atoms. The van der Waals surface area contributed by atoms with E-state index in [0.29, 0.717) is 6.54 Å². The topological polar surface area (TPSA) is 61.4 Å². The number of aromatic nitrogens is 2. The zero-order chi connectivity index (χ0) is 16.1. The number of carbonyl (C=O) groups excluding carboxylic acids is 1. The van der Waals surface area contributed by atoms with Crippen molar-refractivity contribution in [3.05, 3.63) is 46.3 Å². The maximum absolute atomic E-state index is 12.1. The fraction of sp³-hybridized carbons (Fsp3) is 0.312. The summed E-state index contributed by atoms with van der Waals surface area (Å²) in [6, 6.07) is 9.62. The highest BCUT2D eigenvalue weighted by Gasteiger charge is 2.20. The fourth-order valence-electron chi connectivity index (χ4n) is 2.50. The van der Waals surface area contributed by atoms with Crippen molar-refractivity contribution in [1.29, 1.82) is 0 Å². The second kappa shape index (κ2) is 7.69. The summed E-state index contributed by atoms with van der Waals surface area (Å²) in [5.74, 6) is 0.783. The number of piperazine rings is 1. The van der Waals surface area contributed by atoms with Crippen LogP contribution in [0.15, 0.2) is 42.7 Å². The molecule has 0 aliphatic carbocycles. The number of benzene rings is 1. The van der Waals surface area contributed by atoms with E-state index < -0.39 is 0 Å². The molecule has 1 N–H and O–H groups in total. The van der Waals surface area contributed by atoms with Crippen LogP contribution in [0.25, 0.3) is 0 Å². The van der Waals surface area contributed by atoms with Gasteiger partial charge in [0.2, 0.25) is 11.9 Å². The highest BCUT2D eigenvalue weighted by Crippen LogP contribution is 2.12. The predicted molar refractivity (Wildman–Crippen MR) is 98.5 cm³/mol. The molecule has 23 heavy (non-hydrogen) atoms. The average molecular weight is 423 g/mol. The van der Waals surface area contributed by atoms with Gasteiger partial charge in [-0.05, 0) is 52.9 Å². The Morgan fingerprint density at radius 1 is 1.09 bits per heavy atom. The average Bonchev–Trinajstić information content (AvgIpc) is 2.58. The van der Waals surface area contributed by atoms with E-state index in [4.69, 9.17) is 0 Å². The summed E-state index contributed by atoms with van der Waals surface area (Å²) >= 11 is 2.25. The lowest BCUT2D eigenvalue weighted by Crippen LogP contribution is -2.49. The van der Waals surface area contributed by atoms with E-state index >= 15 is 0 Å². The van der Waals surface area contributed by atoms with Gasteiger partial charge in [-0.15, -0.1) is 0 Å². The molecule has 3 rings (SSSR count). The van der Waals surface area contributed by atoms with Crippen LogP contribution >= 0.6 is 22.6 Å². The Balaban J connectivity index is 1.47. The Kier molecular flexibility index (Phi) is 5.39. The first kappa shape index (κ1) is 16.1. The number of rotatable bonds is 4. The van der Waals surface area contributed by atoms with E-state index in [-0.39, 0.29) is 5.91 Å². The first-order valence-electron chi connectivity index (χ1n) is 7.50. The molecule has 7 heteroatoms. The molecule has 0 atom stereocenters. The maximum Gasteiger partial charge on any atom is 0.238 e. The Hall–Kier alpha value is -1.74. The van der Waals surface area contributed by atoms with Gasteiger partial charge in [0.15, 0.2) is 0 Å². The van der Waals surface area contributed by atoms with Gasteiger partial charge in [0.25, 0.3) is 0 Å². The molecule has 2 heterocycles. The number of anilines is 2. The van der Waals surface area contributed by atoms with Crippen LogP contribution in [0.5, 0.6) is 0 Å². The number of hydrogen-bond acceptors (Lipinski definition) is 5. The van der Waals surface area contributed by atoms with Gasteiger partial charge >= 0.3 is 0 Å². The van der Waals surface area contributed by atoms with E-state index in [2.05, 4.69) is 47.7 Å². The molecule has 120 valence electrons. The van der Waals surface area contributed by atoms with Crippen LogP contribution in [-0.2, 0) is 4.79 Å². The minimum Gasteiger partial charge on any atom is -0.338 e. The zero-order valence-corrected chi connectivity index (χ0v) is 14.8. The standard InChI is InChI=1S/C16H18IN5O/c17-13-2-4-14(5-3-13)20-15(23)12-21-8-10-22(11-9-21)16-18-6-1-7-19-16/h1-7H,8-12H2,(H,20,23).